The zero-order chi connectivity index (χ0) is 13.5. The molecule has 0 spiro atoms. The molecule has 4 heteroatoms. The molecule has 0 saturated heterocycles. The van der Waals surface area contributed by atoms with E-state index < -0.39 is 12.0 Å². The molecule has 0 bridgehead atoms. The fraction of sp³-hybridized carbons (Fsp3) is 0.200. The van der Waals surface area contributed by atoms with Gasteiger partial charge in [0, 0.05) is 12.4 Å². The zero-order valence-corrected chi connectivity index (χ0v) is 10.5. The van der Waals surface area contributed by atoms with Gasteiger partial charge in [-0.05, 0) is 23.6 Å². The van der Waals surface area contributed by atoms with E-state index >= 15 is 0 Å². The third-order valence-electron chi connectivity index (χ3n) is 2.71. The number of pyridine rings is 1. The Morgan fingerprint density at radius 3 is 2.58 bits per heavy atom. The highest BCUT2D eigenvalue weighted by atomic mass is 16.5. The van der Waals surface area contributed by atoms with E-state index in [4.69, 9.17) is 10.5 Å². The van der Waals surface area contributed by atoms with Gasteiger partial charge in [0.05, 0.1) is 0 Å². The molecule has 4 nitrogen and oxygen atoms in total. The van der Waals surface area contributed by atoms with Gasteiger partial charge in [-0.2, -0.15) is 0 Å². The van der Waals surface area contributed by atoms with Gasteiger partial charge < -0.3 is 10.5 Å². The molecule has 0 aliphatic carbocycles. The molecule has 1 heterocycles. The summed E-state index contributed by atoms with van der Waals surface area (Å²) in [6.07, 6.45) is 3.81. The topological polar surface area (TPSA) is 65.2 Å². The second-order valence-electron chi connectivity index (χ2n) is 4.27. The van der Waals surface area contributed by atoms with Crippen LogP contribution < -0.4 is 5.73 Å². The number of aromatic nitrogens is 1. The monoisotopic (exact) mass is 256 g/mol. The summed E-state index contributed by atoms with van der Waals surface area (Å²) >= 11 is 0. The van der Waals surface area contributed by atoms with Crippen molar-refractivity contribution in [2.24, 2.45) is 5.73 Å². The summed E-state index contributed by atoms with van der Waals surface area (Å²) in [7, 11) is 0. The van der Waals surface area contributed by atoms with Gasteiger partial charge >= 0.3 is 5.97 Å². The molecule has 2 rings (SSSR count). The molecule has 0 aliphatic rings. The molecule has 1 atom stereocenters. The Kier molecular flexibility index (Phi) is 4.64. The van der Waals surface area contributed by atoms with Crippen LogP contribution in [0.3, 0.4) is 0 Å². The zero-order valence-electron chi connectivity index (χ0n) is 10.5. The first-order valence-corrected chi connectivity index (χ1v) is 6.11. The van der Waals surface area contributed by atoms with Crippen molar-refractivity contribution in [3.8, 4) is 0 Å². The highest BCUT2D eigenvalue weighted by molar-refractivity contribution is 5.75. The molecule has 2 N–H and O–H groups in total. The van der Waals surface area contributed by atoms with Crippen LogP contribution in [0.5, 0.6) is 0 Å². The molecule has 0 saturated carbocycles. The maximum atomic E-state index is 11.8. The minimum Gasteiger partial charge on any atom is -0.460 e. The van der Waals surface area contributed by atoms with E-state index in [-0.39, 0.29) is 6.61 Å². The Bertz CT molecular complexity index is 514. The lowest BCUT2D eigenvalue weighted by Crippen LogP contribution is -2.34. The Labute approximate surface area is 112 Å². The van der Waals surface area contributed by atoms with Crippen molar-refractivity contribution >= 4 is 5.97 Å². The van der Waals surface area contributed by atoms with E-state index in [0.717, 1.165) is 11.1 Å². The van der Waals surface area contributed by atoms with Crippen LogP contribution in [0, 0.1) is 0 Å². The van der Waals surface area contributed by atoms with E-state index in [1.807, 2.05) is 42.5 Å². The number of nitrogens with two attached hydrogens (primary N) is 1. The van der Waals surface area contributed by atoms with Crippen molar-refractivity contribution in [1.82, 2.24) is 4.98 Å². The van der Waals surface area contributed by atoms with Crippen molar-refractivity contribution in [1.29, 1.82) is 0 Å². The summed E-state index contributed by atoms with van der Waals surface area (Å²) in [6.45, 7) is 0.250. The van der Waals surface area contributed by atoms with E-state index in [0.29, 0.717) is 6.42 Å². The quantitative estimate of drug-likeness (QED) is 0.827. The molecule has 98 valence electrons. The lowest BCUT2D eigenvalue weighted by molar-refractivity contribution is -0.146. The first kappa shape index (κ1) is 13.2. The van der Waals surface area contributed by atoms with Gasteiger partial charge in [-0.15, -0.1) is 0 Å². The number of rotatable bonds is 5. The number of carbonyl (C=O) groups excluding carboxylic acids is 1. The van der Waals surface area contributed by atoms with Crippen molar-refractivity contribution in [2.45, 2.75) is 19.1 Å². The van der Waals surface area contributed by atoms with Gasteiger partial charge in [0.15, 0.2) is 0 Å². The maximum Gasteiger partial charge on any atom is 0.323 e. The normalized spacial score (nSPS) is 11.8. The third-order valence-corrected chi connectivity index (χ3v) is 2.71. The molecule has 0 fully saturated rings. The fourth-order valence-electron chi connectivity index (χ4n) is 1.69. The number of benzene rings is 1. The second-order valence-corrected chi connectivity index (χ2v) is 4.27. The minimum atomic E-state index is -0.659. The minimum absolute atomic E-state index is 0.250. The van der Waals surface area contributed by atoms with Crippen LogP contribution in [0.4, 0.5) is 0 Å². The number of ether oxygens (including phenoxy) is 1. The summed E-state index contributed by atoms with van der Waals surface area (Å²) < 4.78 is 5.18. The summed E-state index contributed by atoms with van der Waals surface area (Å²) in [5, 5.41) is 0. The Morgan fingerprint density at radius 2 is 1.89 bits per heavy atom. The molecular formula is C15H16N2O2. The van der Waals surface area contributed by atoms with Crippen LogP contribution in [0.15, 0.2) is 54.9 Å². The SMILES string of the molecule is N[C@H](Cc1cccnc1)C(=O)OCc1ccccc1. The molecule has 0 aliphatic heterocycles. The summed E-state index contributed by atoms with van der Waals surface area (Å²) in [5.41, 5.74) is 7.68. The van der Waals surface area contributed by atoms with Gasteiger partial charge in [0.1, 0.15) is 12.6 Å². The summed E-state index contributed by atoms with van der Waals surface area (Å²) in [4.78, 5) is 15.7. The number of esters is 1. The van der Waals surface area contributed by atoms with E-state index in [1.54, 1.807) is 12.4 Å². The Hall–Kier alpha value is -2.20. The van der Waals surface area contributed by atoms with Gasteiger partial charge in [-0.3, -0.25) is 9.78 Å². The maximum absolute atomic E-state index is 11.8. The Balaban J connectivity index is 1.83. The van der Waals surface area contributed by atoms with Crippen LogP contribution >= 0.6 is 0 Å². The molecule has 1 aromatic carbocycles. The number of nitrogens with zero attached hydrogens (tertiary/aromatic N) is 1. The first-order chi connectivity index (χ1) is 9.25. The lowest BCUT2D eigenvalue weighted by atomic mass is 10.1. The first-order valence-electron chi connectivity index (χ1n) is 6.11. The van der Waals surface area contributed by atoms with E-state index in [2.05, 4.69) is 4.98 Å². The average molecular weight is 256 g/mol. The molecule has 19 heavy (non-hydrogen) atoms. The van der Waals surface area contributed by atoms with E-state index in [9.17, 15) is 4.79 Å². The van der Waals surface area contributed by atoms with Crippen molar-refractivity contribution in [2.75, 3.05) is 0 Å². The van der Waals surface area contributed by atoms with Crippen molar-refractivity contribution in [3.63, 3.8) is 0 Å². The predicted octanol–water partition coefficient (Wildman–Crippen LogP) is 1.69. The number of hydrogen-bond acceptors (Lipinski definition) is 4. The van der Waals surface area contributed by atoms with Gasteiger partial charge in [0.2, 0.25) is 0 Å². The highest BCUT2D eigenvalue weighted by Crippen LogP contribution is 2.04. The summed E-state index contributed by atoms with van der Waals surface area (Å²) in [6, 6.07) is 12.6. The molecule has 0 radical (unpaired) electrons. The molecule has 0 amide bonds. The highest BCUT2D eigenvalue weighted by Gasteiger charge is 2.15. The molecule has 2 aromatic rings. The van der Waals surface area contributed by atoms with Crippen LogP contribution in [0.2, 0.25) is 0 Å². The second kappa shape index (κ2) is 6.66. The van der Waals surface area contributed by atoms with Crippen molar-refractivity contribution in [3.05, 3.63) is 66.0 Å². The van der Waals surface area contributed by atoms with Gasteiger partial charge in [-0.1, -0.05) is 36.4 Å². The molecular weight excluding hydrogens is 240 g/mol. The van der Waals surface area contributed by atoms with Crippen LogP contribution in [-0.2, 0) is 22.6 Å². The van der Waals surface area contributed by atoms with Crippen LogP contribution in [0.1, 0.15) is 11.1 Å². The third kappa shape index (κ3) is 4.19. The van der Waals surface area contributed by atoms with E-state index in [1.165, 1.54) is 0 Å². The average Bonchev–Trinajstić information content (AvgIpc) is 2.47. The van der Waals surface area contributed by atoms with Crippen LogP contribution in [-0.4, -0.2) is 17.0 Å². The predicted molar refractivity (Wildman–Crippen MR) is 72.2 cm³/mol. The number of carbonyl (C=O) groups is 1. The summed E-state index contributed by atoms with van der Waals surface area (Å²) in [5.74, 6) is -0.396. The molecule has 0 unspecified atom stereocenters. The standard InChI is InChI=1S/C15H16N2O2/c16-14(9-13-7-4-8-17-10-13)15(18)19-11-12-5-2-1-3-6-12/h1-8,10,14H,9,11,16H2/t14-/m1/s1. The van der Waals surface area contributed by atoms with Gasteiger partial charge in [-0.25, -0.2) is 0 Å². The van der Waals surface area contributed by atoms with Crippen molar-refractivity contribution < 1.29 is 9.53 Å². The Morgan fingerprint density at radius 1 is 1.16 bits per heavy atom. The van der Waals surface area contributed by atoms with Crippen LogP contribution in [0.25, 0.3) is 0 Å². The lowest BCUT2D eigenvalue weighted by Gasteiger charge is -2.11. The largest absolute Gasteiger partial charge is 0.460 e. The fourth-order valence-corrected chi connectivity index (χ4v) is 1.69. The van der Waals surface area contributed by atoms with Gasteiger partial charge in [0.25, 0.3) is 0 Å². The number of hydrogen-bond donors (Lipinski definition) is 1. The molecule has 1 aromatic heterocycles. The smallest absolute Gasteiger partial charge is 0.323 e.